The highest BCUT2D eigenvalue weighted by molar-refractivity contribution is 6.36. The molecule has 0 saturated heterocycles. The molecule has 7 nitrogen and oxygen atoms in total. The van der Waals surface area contributed by atoms with Crippen molar-refractivity contribution in [2.45, 2.75) is 79.0 Å². The van der Waals surface area contributed by atoms with Crippen LogP contribution in [0.2, 0.25) is 10.0 Å². The number of methoxy groups -OCH3 is 1. The normalized spacial score (nSPS) is 20.9. The van der Waals surface area contributed by atoms with Gasteiger partial charge in [-0.15, -0.1) is 0 Å². The molecule has 1 fully saturated rings. The van der Waals surface area contributed by atoms with Crippen LogP contribution in [0.3, 0.4) is 0 Å². The topological polar surface area (TPSA) is 93.7 Å². The third-order valence-electron chi connectivity index (χ3n) is 8.12. The number of ether oxygens (including phenoxy) is 2. The Bertz CT molecular complexity index is 1220. The molecule has 2 aromatic carbocycles. The average molecular weight is 592 g/mol. The van der Waals surface area contributed by atoms with Gasteiger partial charge in [-0.25, -0.2) is 4.79 Å². The molecule has 2 aromatic rings. The molecule has 2 N–H and O–H groups in total. The zero-order valence-corrected chi connectivity index (χ0v) is 25.8. The molecule has 40 heavy (non-hydrogen) atoms. The van der Waals surface area contributed by atoms with Crippen molar-refractivity contribution < 1.29 is 23.9 Å². The van der Waals surface area contributed by atoms with E-state index in [1.54, 1.807) is 18.2 Å². The number of anilines is 1. The van der Waals surface area contributed by atoms with Gasteiger partial charge in [0.25, 0.3) is 0 Å². The summed E-state index contributed by atoms with van der Waals surface area (Å²) >= 11 is 12.5. The van der Waals surface area contributed by atoms with Crippen LogP contribution in [-0.2, 0) is 36.8 Å². The molecule has 0 radical (unpaired) electrons. The van der Waals surface area contributed by atoms with E-state index in [1.165, 1.54) is 7.11 Å². The Labute approximate surface area is 247 Å². The van der Waals surface area contributed by atoms with Crippen molar-refractivity contribution in [2.75, 3.05) is 12.4 Å². The number of amides is 1. The molecule has 1 aliphatic rings. The van der Waals surface area contributed by atoms with Gasteiger partial charge >= 0.3 is 11.9 Å². The maximum absolute atomic E-state index is 13.5. The SMILES string of the molecule is COC(=O)[C@H](Cc1ccc(NCc2c(Cl)cccc2Cl)cc1)NC(=O)[C@H]1CC[C@@](C)(C(=O)OC(C)(C)C)C1(C)C. The van der Waals surface area contributed by atoms with Gasteiger partial charge in [-0.1, -0.05) is 55.2 Å². The first-order valence-electron chi connectivity index (χ1n) is 13.5. The zero-order valence-electron chi connectivity index (χ0n) is 24.3. The van der Waals surface area contributed by atoms with Crippen molar-refractivity contribution in [3.05, 3.63) is 63.6 Å². The second kappa shape index (κ2) is 12.4. The van der Waals surface area contributed by atoms with Gasteiger partial charge in [-0.05, 0) is 75.8 Å². The maximum atomic E-state index is 13.5. The highest BCUT2D eigenvalue weighted by atomic mass is 35.5. The number of carbonyl (C=O) groups excluding carboxylic acids is 3. The number of hydrogen-bond donors (Lipinski definition) is 2. The first-order valence-corrected chi connectivity index (χ1v) is 14.2. The molecule has 3 rings (SSSR count). The van der Waals surface area contributed by atoms with Gasteiger partial charge in [0.05, 0.1) is 12.5 Å². The molecule has 1 aliphatic carbocycles. The summed E-state index contributed by atoms with van der Waals surface area (Å²) in [6.45, 7) is 11.7. The van der Waals surface area contributed by atoms with E-state index in [0.29, 0.717) is 29.4 Å². The van der Waals surface area contributed by atoms with Gasteiger partial charge in [0.15, 0.2) is 0 Å². The molecule has 1 amide bonds. The number of carbonyl (C=O) groups is 3. The predicted octanol–water partition coefficient (Wildman–Crippen LogP) is 6.59. The largest absolute Gasteiger partial charge is 0.467 e. The van der Waals surface area contributed by atoms with E-state index in [-0.39, 0.29) is 18.3 Å². The summed E-state index contributed by atoms with van der Waals surface area (Å²) < 4.78 is 10.7. The Hall–Kier alpha value is -2.77. The Balaban J connectivity index is 1.68. The highest BCUT2D eigenvalue weighted by Crippen LogP contribution is 2.57. The Morgan fingerprint density at radius 2 is 1.62 bits per heavy atom. The summed E-state index contributed by atoms with van der Waals surface area (Å²) in [6, 6.07) is 12.1. The molecular formula is C31H40Cl2N2O5. The van der Waals surface area contributed by atoms with Crippen LogP contribution >= 0.6 is 23.2 Å². The van der Waals surface area contributed by atoms with Crippen LogP contribution in [0.4, 0.5) is 5.69 Å². The summed E-state index contributed by atoms with van der Waals surface area (Å²) in [5.41, 5.74) is 0.367. The fraction of sp³-hybridized carbons (Fsp3) is 0.516. The predicted molar refractivity (Wildman–Crippen MR) is 158 cm³/mol. The smallest absolute Gasteiger partial charge is 0.328 e. The Morgan fingerprint density at radius 3 is 2.17 bits per heavy atom. The minimum atomic E-state index is -0.873. The van der Waals surface area contributed by atoms with E-state index >= 15 is 0 Å². The van der Waals surface area contributed by atoms with Gasteiger partial charge in [0.2, 0.25) is 5.91 Å². The lowest BCUT2D eigenvalue weighted by molar-refractivity contribution is -0.173. The van der Waals surface area contributed by atoms with E-state index in [4.69, 9.17) is 32.7 Å². The van der Waals surface area contributed by atoms with Crippen LogP contribution in [0.25, 0.3) is 0 Å². The number of nitrogens with one attached hydrogen (secondary N) is 2. The average Bonchev–Trinajstić information content (AvgIpc) is 3.12. The van der Waals surface area contributed by atoms with Crippen molar-refractivity contribution in [1.29, 1.82) is 0 Å². The van der Waals surface area contributed by atoms with Gasteiger partial charge in [0, 0.05) is 40.2 Å². The third kappa shape index (κ3) is 7.10. The molecule has 9 heteroatoms. The molecule has 0 bridgehead atoms. The standard InChI is InChI=1S/C31H40Cl2N2O5/c1-29(2,3)40-28(38)31(6)16-15-22(30(31,4)5)26(36)35-25(27(37)39-7)17-19-11-13-20(14-12-19)34-18-21-23(32)9-8-10-24(21)33/h8-14,22,25,34H,15-18H2,1-7H3,(H,35,36)/t22-,25+,31+/m1/s1. The molecular weight excluding hydrogens is 551 g/mol. The number of halogens is 2. The fourth-order valence-corrected chi connectivity index (χ4v) is 5.74. The van der Waals surface area contributed by atoms with Crippen LogP contribution in [0, 0.1) is 16.7 Å². The molecule has 0 heterocycles. The second-order valence-corrected chi connectivity index (χ2v) is 13.0. The summed E-state index contributed by atoms with van der Waals surface area (Å²) in [4.78, 5) is 39.3. The van der Waals surface area contributed by atoms with Gasteiger partial charge in [-0.2, -0.15) is 0 Å². The van der Waals surface area contributed by atoms with Gasteiger partial charge < -0.3 is 20.1 Å². The van der Waals surface area contributed by atoms with E-state index in [1.807, 2.05) is 65.8 Å². The quantitative estimate of drug-likeness (QED) is 0.320. The van der Waals surface area contributed by atoms with E-state index in [0.717, 1.165) is 16.8 Å². The first-order chi connectivity index (χ1) is 18.6. The minimum absolute atomic E-state index is 0.255. The lowest BCUT2D eigenvalue weighted by Gasteiger charge is -2.40. The lowest BCUT2D eigenvalue weighted by Crippen LogP contribution is -2.51. The number of benzene rings is 2. The van der Waals surface area contributed by atoms with Crippen molar-refractivity contribution >= 4 is 46.7 Å². The van der Waals surface area contributed by atoms with Crippen molar-refractivity contribution in [3.8, 4) is 0 Å². The zero-order chi connectivity index (χ0) is 29.9. The van der Waals surface area contributed by atoms with Crippen LogP contribution in [0.15, 0.2) is 42.5 Å². The van der Waals surface area contributed by atoms with Crippen LogP contribution in [0.1, 0.15) is 65.5 Å². The van der Waals surface area contributed by atoms with Crippen LogP contribution in [-0.4, -0.2) is 36.6 Å². The monoisotopic (exact) mass is 590 g/mol. The number of esters is 2. The first kappa shape index (κ1) is 31.8. The van der Waals surface area contributed by atoms with Crippen molar-refractivity contribution in [3.63, 3.8) is 0 Å². The van der Waals surface area contributed by atoms with Crippen LogP contribution < -0.4 is 10.6 Å². The Kier molecular flexibility index (Phi) is 9.84. The molecule has 0 aliphatic heterocycles. The fourth-order valence-electron chi connectivity index (χ4n) is 5.21. The number of hydrogen-bond acceptors (Lipinski definition) is 6. The van der Waals surface area contributed by atoms with Gasteiger partial charge in [-0.3, -0.25) is 9.59 Å². The molecule has 0 aromatic heterocycles. The second-order valence-electron chi connectivity index (χ2n) is 12.2. The van der Waals surface area contributed by atoms with E-state index in [9.17, 15) is 14.4 Å². The third-order valence-corrected chi connectivity index (χ3v) is 8.83. The molecule has 218 valence electrons. The summed E-state index contributed by atoms with van der Waals surface area (Å²) in [5.74, 6) is -1.59. The van der Waals surface area contributed by atoms with Crippen LogP contribution in [0.5, 0.6) is 0 Å². The minimum Gasteiger partial charge on any atom is -0.467 e. The van der Waals surface area contributed by atoms with Crippen molar-refractivity contribution in [1.82, 2.24) is 5.32 Å². The van der Waals surface area contributed by atoms with E-state index < -0.39 is 34.4 Å². The van der Waals surface area contributed by atoms with Crippen molar-refractivity contribution in [2.24, 2.45) is 16.7 Å². The summed E-state index contributed by atoms with van der Waals surface area (Å²) in [7, 11) is 1.30. The van der Waals surface area contributed by atoms with Gasteiger partial charge in [0.1, 0.15) is 11.6 Å². The molecule has 0 spiro atoms. The maximum Gasteiger partial charge on any atom is 0.328 e. The summed E-state index contributed by atoms with van der Waals surface area (Å²) in [5, 5.41) is 7.38. The molecule has 0 unspecified atom stereocenters. The summed E-state index contributed by atoms with van der Waals surface area (Å²) in [6.07, 6.45) is 1.29. The Morgan fingerprint density at radius 1 is 1.02 bits per heavy atom. The molecule has 1 saturated carbocycles. The highest BCUT2D eigenvalue weighted by Gasteiger charge is 2.59. The molecule has 3 atom stereocenters. The lowest BCUT2D eigenvalue weighted by atomic mass is 9.65. The van der Waals surface area contributed by atoms with E-state index in [2.05, 4.69) is 10.6 Å². The number of rotatable bonds is 9.